The minimum atomic E-state index is 0.605. The van der Waals surface area contributed by atoms with Gasteiger partial charge in [-0.05, 0) is 72.7 Å². The van der Waals surface area contributed by atoms with E-state index < -0.39 is 0 Å². The normalized spacial score (nSPS) is 11.9. The fraction of sp³-hybridized carbons (Fsp3) is 0.0952. The molecular weight excluding hydrogens is 608 g/mol. The monoisotopic (exact) mass is 642 g/mol. The number of rotatable bonds is 6. The number of nitrogens with zero attached hydrogens (tertiary/aromatic N) is 2. The minimum absolute atomic E-state index is 0.605. The summed E-state index contributed by atoms with van der Waals surface area (Å²) in [7, 11) is 4.93. The molecule has 240 valence electrons. The molecule has 2 aliphatic rings. The molecule has 0 fully saturated rings. The van der Waals surface area contributed by atoms with Crippen molar-refractivity contribution in [2.45, 2.75) is 6.92 Å². The maximum Gasteiger partial charge on any atom is 0.134 e. The van der Waals surface area contributed by atoms with E-state index in [-0.39, 0.29) is 0 Å². The number of hydrogen-bond donors (Lipinski definition) is 2. The Balaban J connectivity index is 1.53. The van der Waals surface area contributed by atoms with Crippen molar-refractivity contribution < 1.29 is 14.2 Å². The average molecular weight is 643 g/mol. The maximum atomic E-state index is 5.95. The first kappa shape index (κ1) is 30.0. The molecular formula is C42H34N4O3. The van der Waals surface area contributed by atoms with Crippen LogP contribution < -0.4 is 14.2 Å². The molecule has 3 aromatic heterocycles. The summed E-state index contributed by atoms with van der Waals surface area (Å²) in [5.41, 5.74) is 13.9. The molecule has 7 nitrogen and oxygen atoms in total. The number of benzene rings is 3. The summed E-state index contributed by atoms with van der Waals surface area (Å²) in [6, 6.07) is 33.1. The molecule has 7 heteroatoms. The van der Waals surface area contributed by atoms with Gasteiger partial charge in [0.2, 0.25) is 0 Å². The lowest BCUT2D eigenvalue weighted by Gasteiger charge is -2.16. The molecule has 6 aromatic rings. The Morgan fingerprint density at radius 3 is 1.71 bits per heavy atom. The van der Waals surface area contributed by atoms with Crippen LogP contribution in [0.1, 0.15) is 28.3 Å². The quantitative estimate of drug-likeness (QED) is 0.189. The highest BCUT2D eigenvalue weighted by Crippen LogP contribution is 2.45. The van der Waals surface area contributed by atoms with Gasteiger partial charge in [-0.2, -0.15) is 0 Å². The zero-order valence-electron chi connectivity index (χ0n) is 27.7. The Kier molecular flexibility index (Phi) is 7.57. The lowest BCUT2D eigenvalue weighted by atomic mass is 10.0. The van der Waals surface area contributed by atoms with Gasteiger partial charge in [-0.15, -0.1) is 0 Å². The van der Waals surface area contributed by atoms with E-state index in [1.165, 1.54) is 5.56 Å². The number of methoxy groups -OCH3 is 3. The van der Waals surface area contributed by atoms with Crippen molar-refractivity contribution in [3.8, 4) is 50.6 Å². The maximum absolute atomic E-state index is 5.95. The predicted octanol–water partition coefficient (Wildman–Crippen LogP) is 9.99. The second-order valence-electron chi connectivity index (χ2n) is 12.0. The van der Waals surface area contributed by atoms with Crippen LogP contribution >= 0.6 is 0 Å². The van der Waals surface area contributed by atoms with Crippen molar-refractivity contribution in [2.24, 2.45) is 0 Å². The molecule has 0 spiro atoms. The van der Waals surface area contributed by atoms with E-state index >= 15 is 0 Å². The molecule has 8 bridgehead atoms. The van der Waals surface area contributed by atoms with Gasteiger partial charge in [0.15, 0.2) is 0 Å². The Morgan fingerprint density at radius 1 is 0.490 bits per heavy atom. The lowest BCUT2D eigenvalue weighted by molar-refractivity contribution is 0.377. The van der Waals surface area contributed by atoms with Crippen LogP contribution in [0.25, 0.3) is 79.8 Å². The third-order valence-electron chi connectivity index (χ3n) is 8.94. The van der Waals surface area contributed by atoms with Crippen molar-refractivity contribution in [1.82, 2.24) is 19.9 Å². The lowest BCUT2D eigenvalue weighted by Crippen LogP contribution is -1.97. The molecule has 0 atom stereocenters. The predicted molar refractivity (Wildman–Crippen MR) is 200 cm³/mol. The van der Waals surface area contributed by atoms with Crippen LogP contribution in [0.15, 0.2) is 97.1 Å². The molecule has 0 saturated heterocycles. The van der Waals surface area contributed by atoms with Gasteiger partial charge < -0.3 is 24.2 Å². The summed E-state index contributed by atoms with van der Waals surface area (Å²) >= 11 is 0. The molecule has 49 heavy (non-hydrogen) atoms. The molecule has 0 radical (unpaired) electrons. The summed E-state index contributed by atoms with van der Waals surface area (Å²) in [6.07, 6.45) is 8.26. The molecule has 8 rings (SSSR count). The summed E-state index contributed by atoms with van der Waals surface area (Å²) in [4.78, 5) is 17.8. The van der Waals surface area contributed by atoms with Gasteiger partial charge in [0.1, 0.15) is 17.2 Å². The largest absolute Gasteiger partial charge is 0.496 e. The Morgan fingerprint density at radius 2 is 1.06 bits per heavy atom. The highest BCUT2D eigenvalue weighted by molar-refractivity contribution is 5.99. The van der Waals surface area contributed by atoms with Crippen LogP contribution in [0.3, 0.4) is 0 Å². The van der Waals surface area contributed by atoms with Gasteiger partial charge in [-0.1, -0.05) is 60.2 Å². The van der Waals surface area contributed by atoms with Crippen LogP contribution in [-0.2, 0) is 0 Å². The van der Waals surface area contributed by atoms with Crippen LogP contribution in [0, 0.1) is 6.92 Å². The van der Waals surface area contributed by atoms with Gasteiger partial charge in [0.05, 0.1) is 49.7 Å². The zero-order valence-corrected chi connectivity index (χ0v) is 27.7. The SMILES string of the molecule is COc1cc(OC)c(-c2c3nc(c(-c4ccccc4)c4ccc([nH]4)c(-c4ccc(C)cc4)c4nc(cc5ccc2[nH]5)C=C4)C=C3)c(OC)c1. The number of H-pyrrole nitrogens is 2. The standard InChI is InChI=1S/C42H34N4O3/c1-25-10-12-27(13-11-25)40-31-16-14-28(43-31)22-29-15-17-35(44-29)41(42-37(48-3)23-30(47-2)24-38(42)49-4)36-21-20-33(46-36)39(26-8-6-5-7-9-26)32-18-19-34(40)45-32/h5-24,44-45H,1-4H3. The number of hydrogen-bond acceptors (Lipinski definition) is 5. The number of aromatic nitrogens is 4. The summed E-state index contributed by atoms with van der Waals surface area (Å²) in [6.45, 7) is 2.10. The van der Waals surface area contributed by atoms with Gasteiger partial charge >= 0.3 is 0 Å². The third kappa shape index (κ3) is 5.45. The van der Waals surface area contributed by atoms with Crippen molar-refractivity contribution in [2.75, 3.05) is 21.3 Å². The first-order valence-corrected chi connectivity index (χ1v) is 16.1. The van der Waals surface area contributed by atoms with Crippen LogP contribution in [0.2, 0.25) is 0 Å². The molecule has 3 aromatic carbocycles. The number of aromatic amines is 2. The highest BCUT2D eigenvalue weighted by atomic mass is 16.5. The number of fused-ring (bicyclic) bond motifs is 8. The van der Waals surface area contributed by atoms with E-state index in [2.05, 4.69) is 120 Å². The van der Waals surface area contributed by atoms with E-state index in [1.54, 1.807) is 21.3 Å². The topological polar surface area (TPSA) is 85.0 Å². The van der Waals surface area contributed by atoms with Crippen LogP contribution in [0.4, 0.5) is 0 Å². The van der Waals surface area contributed by atoms with E-state index in [0.29, 0.717) is 17.2 Å². The van der Waals surface area contributed by atoms with Gasteiger partial charge in [-0.25, -0.2) is 9.97 Å². The van der Waals surface area contributed by atoms with E-state index in [4.69, 9.17) is 24.2 Å². The average Bonchev–Trinajstić information content (AvgIpc) is 3.97. The van der Waals surface area contributed by atoms with Crippen LogP contribution in [-0.4, -0.2) is 41.3 Å². The first-order chi connectivity index (χ1) is 24.0. The van der Waals surface area contributed by atoms with Gasteiger partial charge in [-0.3, -0.25) is 0 Å². The Hall–Kier alpha value is -6.34. The molecule has 0 saturated carbocycles. The molecule has 0 amide bonds. The highest BCUT2D eigenvalue weighted by Gasteiger charge is 2.22. The molecule has 0 unspecified atom stereocenters. The summed E-state index contributed by atoms with van der Waals surface area (Å²) in [5, 5.41) is 0. The smallest absolute Gasteiger partial charge is 0.134 e. The van der Waals surface area contributed by atoms with Crippen molar-refractivity contribution >= 4 is 46.4 Å². The third-order valence-corrected chi connectivity index (χ3v) is 8.94. The molecule has 2 aliphatic heterocycles. The summed E-state index contributed by atoms with van der Waals surface area (Å²) in [5.74, 6) is 1.84. The van der Waals surface area contributed by atoms with E-state index in [1.807, 2.05) is 18.2 Å². The van der Waals surface area contributed by atoms with Crippen molar-refractivity contribution in [1.29, 1.82) is 0 Å². The van der Waals surface area contributed by atoms with Crippen LogP contribution in [0.5, 0.6) is 17.2 Å². The minimum Gasteiger partial charge on any atom is -0.496 e. The van der Waals surface area contributed by atoms with E-state index in [0.717, 1.165) is 78.2 Å². The molecule has 5 heterocycles. The van der Waals surface area contributed by atoms with Crippen molar-refractivity contribution in [3.05, 3.63) is 125 Å². The van der Waals surface area contributed by atoms with E-state index in [9.17, 15) is 0 Å². The van der Waals surface area contributed by atoms with Gasteiger partial charge in [0.25, 0.3) is 0 Å². The Bertz CT molecular complexity index is 2430. The fourth-order valence-corrected chi connectivity index (χ4v) is 6.59. The zero-order chi connectivity index (χ0) is 33.5. The number of nitrogens with one attached hydrogen (secondary N) is 2. The second-order valence-corrected chi connectivity index (χ2v) is 12.0. The van der Waals surface area contributed by atoms with Gasteiger partial charge in [0, 0.05) is 50.9 Å². The first-order valence-electron chi connectivity index (χ1n) is 16.1. The molecule has 2 N–H and O–H groups in total. The van der Waals surface area contributed by atoms with Crippen molar-refractivity contribution in [3.63, 3.8) is 0 Å². The number of aryl methyl sites for hydroxylation is 1. The molecule has 0 aliphatic carbocycles. The fourth-order valence-electron chi connectivity index (χ4n) is 6.59. The number of ether oxygens (including phenoxy) is 3. The summed E-state index contributed by atoms with van der Waals surface area (Å²) < 4.78 is 17.5. The Labute approximate surface area is 284 Å². The second kappa shape index (κ2) is 12.4.